The molecule has 0 atom stereocenters. The highest BCUT2D eigenvalue weighted by Crippen LogP contribution is 2.18. The van der Waals surface area contributed by atoms with E-state index in [9.17, 15) is 8.42 Å². The number of nitrogens with one attached hydrogen (secondary N) is 1. The molecule has 1 aromatic heterocycles. The Balaban J connectivity index is 2.40. The van der Waals surface area contributed by atoms with Crippen molar-refractivity contribution in [3.63, 3.8) is 0 Å². The molecule has 7 nitrogen and oxygen atoms in total. The molecule has 2 N–H and O–H groups in total. The van der Waals surface area contributed by atoms with Gasteiger partial charge in [0.1, 0.15) is 11.5 Å². The van der Waals surface area contributed by atoms with E-state index < -0.39 is 10.0 Å². The molecular formula is C10H8N4O3S2. The van der Waals surface area contributed by atoms with Crippen LogP contribution in [0.15, 0.2) is 29.2 Å². The van der Waals surface area contributed by atoms with Gasteiger partial charge in [0.2, 0.25) is 5.13 Å². The maximum Gasteiger partial charge on any atom is 0.264 e. The van der Waals surface area contributed by atoms with Crippen LogP contribution in [0.25, 0.3) is 0 Å². The fourth-order valence-electron chi connectivity index (χ4n) is 1.28. The van der Waals surface area contributed by atoms with Crippen molar-refractivity contribution >= 4 is 26.7 Å². The monoisotopic (exact) mass is 296 g/mol. The molecule has 0 saturated carbocycles. The Morgan fingerprint density at radius 2 is 2.16 bits per heavy atom. The summed E-state index contributed by atoms with van der Waals surface area (Å²) in [5.41, 5.74) is 0.293. The number of aliphatic hydroxyl groups excluding tert-OH is 1. The van der Waals surface area contributed by atoms with Crippen LogP contribution in [0.4, 0.5) is 5.13 Å². The van der Waals surface area contributed by atoms with Crippen molar-refractivity contribution in [2.75, 3.05) is 11.3 Å². The van der Waals surface area contributed by atoms with E-state index in [-0.39, 0.29) is 16.6 Å². The summed E-state index contributed by atoms with van der Waals surface area (Å²) in [6.45, 7) is -0.345. The Kier molecular flexibility index (Phi) is 4.06. The standard InChI is InChI=1S/C10H8N4O3S2/c15-7-3-5-8-4-1-2-6-9(8)19(16,17)12-10-11-13-14-18-10/h1-2,4,6,15H,7H2,(H,11,12,14). The second kappa shape index (κ2) is 5.75. The summed E-state index contributed by atoms with van der Waals surface area (Å²) in [6, 6.07) is 6.21. The Morgan fingerprint density at radius 1 is 1.37 bits per heavy atom. The number of rotatable bonds is 3. The molecule has 0 saturated heterocycles. The van der Waals surface area contributed by atoms with Gasteiger partial charge < -0.3 is 5.11 Å². The molecule has 0 aliphatic carbocycles. The topological polar surface area (TPSA) is 105 Å². The van der Waals surface area contributed by atoms with Gasteiger partial charge in [0.05, 0.1) is 0 Å². The molecule has 0 aliphatic heterocycles. The van der Waals surface area contributed by atoms with Crippen LogP contribution in [0.1, 0.15) is 5.56 Å². The van der Waals surface area contributed by atoms with E-state index in [1.165, 1.54) is 6.07 Å². The number of benzene rings is 1. The summed E-state index contributed by atoms with van der Waals surface area (Å²) >= 11 is 0.830. The predicted molar refractivity (Wildman–Crippen MR) is 68.9 cm³/mol. The maximum atomic E-state index is 12.2. The zero-order chi connectivity index (χ0) is 13.7. The van der Waals surface area contributed by atoms with Gasteiger partial charge in [0.25, 0.3) is 10.0 Å². The first-order chi connectivity index (χ1) is 9.13. The van der Waals surface area contributed by atoms with Crippen LogP contribution in [0.3, 0.4) is 0 Å². The first-order valence-corrected chi connectivity index (χ1v) is 7.26. The van der Waals surface area contributed by atoms with Crippen LogP contribution in [-0.2, 0) is 10.0 Å². The molecule has 1 aromatic carbocycles. The van der Waals surface area contributed by atoms with Gasteiger partial charge in [-0.15, -0.1) is 0 Å². The summed E-state index contributed by atoms with van der Waals surface area (Å²) < 4.78 is 30.0. The normalized spacial score (nSPS) is 10.6. The highest BCUT2D eigenvalue weighted by Gasteiger charge is 2.19. The molecule has 1 heterocycles. The first kappa shape index (κ1) is 13.4. The average molecular weight is 296 g/mol. The molecule has 0 spiro atoms. The van der Waals surface area contributed by atoms with Gasteiger partial charge in [-0.3, -0.25) is 4.72 Å². The van der Waals surface area contributed by atoms with Gasteiger partial charge in [0, 0.05) is 17.1 Å². The van der Waals surface area contributed by atoms with E-state index >= 15 is 0 Å². The van der Waals surface area contributed by atoms with Gasteiger partial charge in [-0.05, 0) is 17.3 Å². The first-order valence-electron chi connectivity index (χ1n) is 5.00. The zero-order valence-corrected chi connectivity index (χ0v) is 11.1. The number of hydrogen-bond donors (Lipinski definition) is 2. The van der Waals surface area contributed by atoms with E-state index in [1.807, 2.05) is 0 Å². The minimum absolute atomic E-state index is 0.00569. The van der Waals surface area contributed by atoms with Gasteiger partial charge in [-0.2, -0.15) is 0 Å². The molecule has 2 aromatic rings. The van der Waals surface area contributed by atoms with Crippen LogP contribution in [-0.4, -0.2) is 34.9 Å². The van der Waals surface area contributed by atoms with E-state index in [0.29, 0.717) is 5.56 Å². The van der Waals surface area contributed by atoms with Gasteiger partial charge in [-0.25, -0.2) is 8.42 Å². The number of nitrogens with zero attached hydrogens (tertiary/aromatic N) is 3. The van der Waals surface area contributed by atoms with Crippen LogP contribution in [0, 0.1) is 11.8 Å². The van der Waals surface area contributed by atoms with Gasteiger partial charge >= 0.3 is 0 Å². The van der Waals surface area contributed by atoms with Crippen molar-refractivity contribution in [1.82, 2.24) is 14.8 Å². The SMILES string of the molecule is O=S(=O)(Nc1nnns1)c1ccccc1C#CCO. The molecule has 2 rings (SSSR count). The lowest BCUT2D eigenvalue weighted by atomic mass is 10.2. The van der Waals surface area contributed by atoms with E-state index in [4.69, 9.17) is 5.11 Å². The predicted octanol–water partition coefficient (Wildman–Crippen LogP) is 0.0777. The largest absolute Gasteiger partial charge is 0.384 e. The van der Waals surface area contributed by atoms with Crippen molar-refractivity contribution in [2.24, 2.45) is 0 Å². The molecule has 9 heteroatoms. The summed E-state index contributed by atoms with van der Waals surface area (Å²) in [5.74, 6) is 4.99. The van der Waals surface area contributed by atoms with E-state index in [0.717, 1.165) is 11.5 Å². The van der Waals surface area contributed by atoms with Crippen molar-refractivity contribution in [3.05, 3.63) is 29.8 Å². The van der Waals surface area contributed by atoms with Gasteiger partial charge in [-0.1, -0.05) is 33.6 Å². The molecule has 98 valence electrons. The summed E-state index contributed by atoms with van der Waals surface area (Å²) in [6.07, 6.45) is 0. The third kappa shape index (κ3) is 3.25. The lowest BCUT2D eigenvalue weighted by molar-refractivity contribution is 0.350. The van der Waals surface area contributed by atoms with Crippen LogP contribution < -0.4 is 4.72 Å². The van der Waals surface area contributed by atoms with Crippen molar-refractivity contribution in [3.8, 4) is 11.8 Å². The number of anilines is 1. The number of aromatic nitrogens is 3. The lowest BCUT2D eigenvalue weighted by Gasteiger charge is -2.06. The van der Waals surface area contributed by atoms with Gasteiger partial charge in [0.15, 0.2) is 0 Å². The second-order valence-electron chi connectivity index (χ2n) is 3.23. The van der Waals surface area contributed by atoms with Crippen LogP contribution in [0.5, 0.6) is 0 Å². The zero-order valence-electron chi connectivity index (χ0n) is 9.44. The minimum atomic E-state index is -3.81. The molecule has 0 fully saturated rings. The summed E-state index contributed by atoms with van der Waals surface area (Å²) in [7, 11) is -3.81. The van der Waals surface area contributed by atoms with Crippen molar-refractivity contribution in [1.29, 1.82) is 0 Å². The highest BCUT2D eigenvalue weighted by molar-refractivity contribution is 7.93. The summed E-state index contributed by atoms with van der Waals surface area (Å²) in [5, 5.41) is 15.6. The van der Waals surface area contributed by atoms with Crippen LogP contribution >= 0.6 is 11.5 Å². The lowest BCUT2D eigenvalue weighted by Crippen LogP contribution is -2.14. The molecular weight excluding hydrogens is 288 g/mol. The Morgan fingerprint density at radius 3 is 2.84 bits per heavy atom. The van der Waals surface area contributed by atoms with Crippen molar-refractivity contribution < 1.29 is 13.5 Å². The quantitative estimate of drug-likeness (QED) is 0.777. The molecule has 0 aliphatic rings. The molecule has 0 unspecified atom stereocenters. The Hall–Kier alpha value is -2.02. The van der Waals surface area contributed by atoms with E-state index in [2.05, 4.69) is 31.4 Å². The van der Waals surface area contributed by atoms with E-state index in [1.54, 1.807) is 18.2 Å². The smallest absolute Gasteiger partial charge is 0.264 e. The third-order valence-corrected chi connectivity index (χ3v) is 4.04. The highest BCUT2D eigenvalue weighted by atomic mass is 32.2. The van der Waals surface area contributed by atoms with Crippen LogP contribution in [0.2, 0.25) is 0 Å². The number of sulfonamides is 1. The molecule has 0 radical (unpaired) electrons. The molecule has 0 bridgehead atoms. The number of aliphatic hydroxyl groups is 1. The molecule has 19 heavy (non-hydrogen) atoms. The Bertz CT molecular complexity index is 717. The minimum Gasteiger partial charge on any atom is -0.384 e. The van der Waals surface area contributed by atoms with Crippen molar-refractivity contribution in [2.45, 2.75) is 4.90 Å². The number of hydrogen-bond acceptors (Lipinski definition) is 7. The third-order valence-electron chi connectivity index (χ3n) is 2.00. The Labute approximate surface area is 113 Å². The molecule has 0 amide bonds. The maximum absolute atomic E-state index is 12.2. The second-order valence-corrected chi connectivity index (χ2v) is 5.61. The average Bonchev–Trinajstić information content (AvgIpc) is 2.88. The fraction of sp³-hybridized carbons (Fsp3) is 0.100. The fourth-order valence-corrected chi connectivity index (χ4v) is 3.03. The summed E-state index contributed by atoms with van der Waals surface area (Å²) in [4.78, 5) is 0.00569.